The van der Waals surface area contributed by atoms with Crippen LogP contribution < -0.4 is 11.1 Å². The number of amides is 4. The highest BCUT2D eigenvalue weighted by Gasteiger charge is 2.26. The number of rotatable bonds is 7. The predicted octanol–water partition coefficient (Wildman–Crippen LogP) is 0.380. The van der Waals surface area contributed by atoms with E-state index in [0.29, 0.717) is 19.6 Å². The lowest BCUT2D eigenvalue weighted by atomic mass is 10.1. The number of carbonyl (C=O) groups is 3. The van der Waals surface area contributed by atoms with Gasteiger partial charge in [0.05, 0.1) is 0 Å². The molecular weight excluding hydrogens is 332 g/mol. The molecule has 1 aromatic carbocycles. The molecule has 1 heterocycles. The molecule has 1 fully saturated rings. The molecule has 8 heteroatoms. The molecule has 1 aromatic rings. The molecule has 0 saturated carbocycles. The van der Waals surface area contributed by atoms with Crippen LogP contribution in [-0.4, -0.2) is 60.4 Å². The summed E-state index contributed by atoms with van der Waals surface area (Å²) in [7, 11) is 0. The standard InChI is InChI=1S/C16H22N4O3.ClH/c17-8-11-19(9-6-13-4-2-1-3-5-13)15(22)12-20-10-7-14(21)18-16(20)23;/h1-5H,6-12,17H2,(H,18,21,23);1H. The summed E-state index contributed by atoms with van der Waals surface area (Å²) < 4.78 is 0. The zero-order valence-corrected chi connectivity index (χ0v) is 14.3. The van der Waals surface area contributed by atoms with Crippen LogP contribution in [0, 0.1) is 0 Å². The quantitative estimate of drug-likeness (QED) is 0.740. The highest BCUT2D eigenvalue weighted by molar-refractivity contribution is 5.98. The molecule has 4 amide bonds. The minimum Gasteiger partial charge on any atom is -0.340 e. The van der Waals surface area contributed by atoms with E-state index in [1.165, 1.54) is 4.90 Å². The zero-order chi connectivity index (χ0) is 16.7. The second-order valence-corrected chi connectivity index (χ2v) is 5.43. The van der Waals surface area contributed by atoms with Gasteiger partial charge in [0.1, 0.15) is 6.54 Å². The first kappa shape index (κ1) is 19.9. The number of nitrogens with two attached hydrogens (primary N) is 1. The Morgan fingerprint density at radius 3 is 2.54 bits per heavy atom. The van der Waals surface area contributed by atoms with Crippen molar-refractivity contribution in [2.45, 2.75) is 12.8 Å². The summed E-state index contributed by atoms with van der Waals surface area (Å²) in [5, 5.41) is 2.22. The number of hydrogen-bond acceptors (Lipinski definition) is 4. The number of nitrogens with one attached hydrogen (secondary N) is 1. The summed E-state index contributed by atoms with van der Waals surface area (Å²) in [4.78, 5) is 38.3. The molecule has 0 radical (unpaired) electrons. The van der Waals surface area contributed by atoms with E-state index in [1.54, 1.807) is 4.90 Å². The third-order valence-electron chi connectivity index (χ3n) is 3.73. The van der Waals surface area contributed by atoms with Crippen molar-refractivity contribution >= 4 is 30.3 Å². The van der Waals surface area contributed by atoms with Gasteiger partial charge in [-0.2, -0.15) is 0 Å². The molecule has 0 atom stereocenters. The molecule has 0 aliphatic carbocycles. The van der Waals surface area contributed by atoms with Gasteiger partial charge in [-0.25, -0.2) is 4.79 Å². The van der Waals surface area contributed by atoms with Crippen LogP contribution in [0.3, 0.4) is 0 Å². The number of halogens is 1. The zero-order valence-electron chi connectivity index (χ0n) is 13.4. The topological polar surface area (TPSA) is 95.7 Å². The molecule has 0 unspecified atom stereocenters. The molecule has 1 saturated heterocycles. The van der Waals surface area contributed by atoms with E-state index in [4.69, 9.17) is 5.73 Å². The van der Waals surface area contributed by atoms with Gasteiger partial charge in [0.15, 0.2) is 0 Å². The third-order valence-corrected chi connectivity index (χ3v) is 3.73. The number of imide groups is 1. The summed E-state index contributed by atoms with van der Waals surface area (Å²) in [6.45, 7) is 1.60. The molecule has 0 aromatic heterocycles. The summed E-state index contributed by atoms with van der Waals surface area (Å²) >= 11 is 0. The van der Waals surface area contributed by atoms with E-state index in [-0.39, 0.29) is 43.7 Å². The first-order chi connectivity index (χ1) is 11.1. The average molecular weight is 355 g/mol. The van der Waals surface area contributed by atoms with Crippen LogP contribution in [0.2, 0.25) is 0 Å². The molecule has 7 nitrogen and oxygen atoms in total. The maximum Gasteiger partial charge on any atom is 0.324 e. The van der Waals surface area contributed by atoms with E-state index in [1.807, 2.05) is 30.3 Å². The Morgan fingerprint density at radius 1 is 1.21 bits per heavy atom. The van der Waals surface area contributed by atoms with Gasteiger partial charge in [-0.15, -0.1) is 12.4 Å². The van der Waals surface area contributed by atoms with Gasteiger partial charge in [-0.3, -0.25) is 14.9 Å². The van der Waals surface area contributed by atoms with Crippen molar-refractivity contribution in [1.82, 2.24) is 15.1 Å². The van der Waals surface area contributed by atoms with Crippen LogP contribution in [0.1, 0.15) is 12.0 Å². The maximum atomic E-state index is 12.4. The minimum atomic E-state index is -0.509. The number of carbonyl (C=O) groups excluding carboxylic acids is 3. The Kier molecular flexibility index (Phi) is 8.21. The van der Waals surface area contributed by atoms with Gasteiger partial charge in [0.25, 0.3) is 0 Å². The molecular formula is C16H23ClN4O3. The highest BCUT2D eigenvalue weighted by atomic mass is 35.5. The molecule has 24 heavy (non-hydrogen) atoms. The van der Waals surface area contributed by atoms with E-state index in [9.17, 15) is 14.4 Å². The fourth-order valence-corrected chi connectivity index (χ4v) is 2.44. The van der Waals surface area contributed by atoms with Crippen molar-refractivity contribution in [2.24, 2.45) is 5.73 Å². The highest BCUT2D eigenvalue weighted by Crippen LogP contribution is 2.05. The second-order valence-electron chi connectivity index (χ2n) is 5.43. The molecule has 2 rings (SSSR count). The molecule has 1 aliphatic heterocycles. The SMILES string of the molecule is Cl.NCCN(CCc1ccccc1)C(=O)CN1CCC(=O)NC1=O. The van der Waals surface area contributed by atoms with Crippen molar-refractivity contribution in [2.75, 3.05) is 32.7 Å². The van der Waals surface area contributed by atoms with Crippen LogP contribution >= 0.6 is 12.4 Å². The Labute approximate surface area is 147 Å². The number of hydrogen-bond donors (Lipinski definition) is 2. The van der Waals surface area contributed by atoms with E-state index < -0.39 is 6.03 Å². The van der Waals surface area contributed by atoms with Crippen molar-refractivity contribution in [3.05, 3.63) is 35.9 Å². The molecule has 0 spiro atoms. The molecule has 3 N–H and O–H groups in total. The summed E-state index contributed by atoms with van der Waals surface area (Å²) in [6.07, 6.45) is 0.956. The second kappa shape index (κ2) is 9.89. The molecule has 1 aliphatic rings. The first-order valence-electron chi connectivity index (χ1n) is 7.70. The molecule has 0 bridgehead atoms. The Balaban J connectivity index is 0.00000288. The van der Waals surface area contributed by atoms with Crippen LogP contribution in [0.15, 0.2) is 30.3 Å². The van der Waals surface area contributed by atoms with Crippen molar-refractivity contribution in [3.63, 3.8) is 0 Å². The minimum absolute atomic E-state index is 0. The number of urea groups is 1. The van der Waals surface area contributed by atoms with Crippen LogP contribution in [0.25, 0.3) is 0 Å². The monoisotopic (exact) mass is 354 g/mol. The number of benzene rings is 1. The van der Waals surface area contributed by atoms with Crippen molar-refractivity contribution in [3.8, 4) is 0 Å². The van der Waals surface area contributed by atoms with E-state index in [2.05, 4.69) is 5.32 Å². The van der Waals surface area contributed by atoms with Gasteiger partial charge < -0.3 is 15.5 Å². The molecule has 132 valence electrons. The Bertz CT molecular complexity index is 568. The van der Waals surface area contributed by atoms with Gasteiger partial charge in [-0.1, -0.05) is 30.3 Å². The summed E-state index contributed by atoms with van der Waals surface area (Å²) in [5.41, 5.74) is 6.73. The van der Waals surface area contributed by atoms with Gasteiger partial charge in [0, 0.05) is 32.6 Å². The fourth-order valence-electron chi connectivity index (χ4n) is 2.44. The maximum absolute atomic E-state index is 12.4. The summed E-state index contributed by atoms with van der Waals surface area (Å²) in [5.74, 6) is -0.461. The lowest BCUT2D eigenvalue weighted by molar-refractivity contribution is -0.132. The Hall–Kier alpha value is -2.12. The van der Waals surface area contributed by atoms with Crippen molar-refractivity contribution < 1.29 is 14.4 Å². The third kappa shape index (κ3) is 5.82. The fraction of sp³-hybridized carbons (Fsp3) is 0.438. The Morgan fingerprint density at radius 2 is 1.92 bits per heavy atom. The predicted molar refractivity (Wildman–Crippen MR) is 92.8 cm³/mol. The largest absolute Gasteiger partial charge is 0.340 e. The van der Waals surface area contributed by atoms with Crippen LogP contribution in [-0.2, 0) is 16.0 Å². The van der Waals surface area contributed by atoms with E-state index >= 15 is 0 Å². The average Bonchev–Trinajstić information content (AvgIpc) is 2.55. The normalized spacial score (nSPS) is 14.0. The van der Waals surface area contributed by atoms with Gasteiger partial charge in [0.2, 0.25) is 11.8 Å². The summed E-state index contributed by atoms with van der Waals surface area (Å²) in [6, 6.07) is 9.37. The lowest BCUT2D eigenvalue weighted by Gasteiger charge is -2.29. The van der Waals surface area contributed by atoms with Crippen LogP contribution in [0.5, 0.6) is 0 Å². The number of nitrogens with zero attached hydrogens (tertiary/aromatic N) is 2. The van der Waals surface area contributed by atoms with Gasteiger partial charge in [-0.05, 0) is 12.0 Å². The van der Waals surface area contributed by atoms with Gasteiger partial charge >= 0.3 is 6.03 Å². The lowest BCUT2D eigenvalue weighted by Crippen LogP contribution is -2.53. The van der Waals surface area contributed by atoms with E-state index in [0.717, 1.165) is 12.0 Å². The van der Waals surface area contributed by atoms with Crippen LogP contribution in [0.4, 0.5) is 4.79 Å². The first-order valence-corrected chi connectivity index (χ1v) is 7.70. The smallest absolute Gasteiger partial charge is 0.324 e. The van der Waals surface area contributed by atoms with Crippen molar-refractivity contribution in [1.29, 1.82) is 0 Å².